The van der Waals surface area contributed by atoms with Crippen LogP contribution in [0.1, 0.15) is 13.8 Å². The van der Waals surface area contributed by atoms with Gasteiger partial charge >= 0.3 is 11.7 Å². The molecule has 0 radical (unpaired) electrons. The van der Waals surface area contributed by atoms with Crippen LogP contribution < -0.4 is 21.9 Å². The second-order valence-electron chi connectivity index (χ2n) is 5.34. The van der Waals surface area contributed by atoms with Gasteiger partial charge in [0.1, 0.15) is 12.1 Å². The Hall–Kier alpha value is -2.42. The van der Waals surface area contributed by atoms with Gasteiger partial charge in [0.25, 0.3) is 5.56 Å². The summed E-state index contributed by atoms with van der Waals surface area (Å²) < 4.78 is 5.91. The van der Waals surface area contributed by atoms with E-state index >= 15 is 0 Å². The molecule has 0 spiro atoms. The fourth-order valence-corrected chi connectivity index (χ4v) is 2.05. The molecule has 128 valence electrons. The predicted molar refractivity (Wildman–Crippen MR) is 83.0 cm³/mol. The number of ether oxygens (including phenoxy) is 1. The number of likely N-dealkylation sites (N-methyl/N-ethyl adjacent to an activating group) is 1. The van der Waals surface area contributed by atoms with Gasteiger partial charge in [-0.3, -0.25) is 29.3 Å². The molecule has 9 nitrogen and oxygen atoms in total. The van der Waals surface area contributed by atoms with Crippen LogP contribution in [0.4, 0.5) is 0 Å². The fraction of sp³-hybridized carbons (Fsp3) is 0.571. The molecule has 0 fully saturated rings. The van der Waals surface area contributed by atoms with Crippen LogP contribution in [0.3, 0.4) is 0 Å². The molecule has 0 aromatic carbocycles. The number of aromatic nitrogens is 2. The minimum atomic E-state index is -0.852. The normalized spacial score (nSPS) is 13.4. The summed E-state index contributed by atoms with van der Waals surface area (Å²) in [5.41, 5.74) is -1.15. The zero-order valence-electron chi connectivity index (χ0n) is 13.6. The number of aromatic amines is 1. The van der Waals surface area contributed by atoms with Crippen LogP contribution in [-0.4, -0.2) is 47.7 Å². The molecular formula is C14H22N4O5. The molecule has 9 heteroatoms. The first kappa shape index (κ1) is 18.6. The standard InChI is InChI=1S/C14H22N4O5/c1-8(2)11(13(21)23-4)16-9(12(20)15-3)7-18-6-5-10(19)17-14(18)22/h5-6,8-9,11,16H,7H2,1-4H3,(H,15,20)(H,17,19,22)/t9-,11-/m0/s1. The van der Waals surface area contributed by atoms with Gasteiger partial charge in [0.2, 0.25) is 5.91 Å². The maximum Gasteiger partial charge on any atom is 0.328 e. The van der Waals surface area contributed by atoms with Gasteiger partial charge < -0.3 is 10.1 Å². The quantitative estimate of drug-likeness (QED) is 0.521. The van der Waals surface area contributed by atoms with Crippen molar-refractivity contribution < 1.29 is 14.3 Å². The molecule has 0 saturated carbocycles. The number of rotatable bonds is 7. The molecular weight excluding hydrogens is 304 g/mol. The highest BCUT2D eigenvalue weighted by Gasteiger charge is 2.29. The van der Waals surface area contributed by atoms with Crippen molar-refractivity contribution in [1.29, 1.82) is 0 Å². The Morgan fingerprint density at radius 3 is 2.48 bits per heavy atom. The Morgan fingerprint density at radius 2 is 2.00 bits per heavy atom. The van der Waals surface area contributed by atoms with E-state index in [1.807, 2.05) is 13.8 Å². The van der Waals surface area contributed by atoms with Crippen LogP contribution in [-0.2, 0) is 20.9 Å². The first-order chi connectivity index (χ1) is 10.8. The lowest BCUT2D eigenvalue weighted by molar-refractivity contribution is -0.144. The maximum atomic E-state index is 12.1. The molecule has 0 aliphatic heterocycles. The van der Waals surface area contributed by atoms with Gasteiger partial charge in [-0.15, -0.1) is 0 Å². The number of carbonyl (C=O) groups excluding carboxylic acids is 2. The number of amides is 1. The van der Waals surface area contributed by atoms with Crippen LogP contribution in [0.2, 0.25) is 0 Å². The summed E-state index contributed by atoms with van der Waals surface area (Å²) in [4.78, 5) is 48.8. The fourth-order valence-electron chi connectivity index (χ4n) is 2.05. The smallest absolute Gasteiger partial charge is 0.328 e. The molecule has 1 heterocycles. The SMILES string of the molecule is CNC(=O)[C@H](Cn1ccc(=O)[nH]c1=O)N[C@H](C(=O)OC)C(C)C. The molecule has 1 rings (SSSR count). The Kier molecular flexibility index (Phi) is 6.70. The lowest BCUT2D eigenvalue weighted by Gasteiger charge is -2.26. The Balaban J connectivity index is 3.04. The third-order valence-electron chi connectivity index (χ3n) is 3.34. The molecule has 0 bridgehead atoms. The first-order valence-electron chi connectivity index (χ1n) is 7.15. The van der Waals surface area contributed by atoms with Gasteiger partial charge in [-0.25, -0.2) is 4.79 Å². The van der Waals surface area contributed by atoms with Crippen LogP contribution in [0.25, 0.3) is 0 Å². The van der Waals surface area contributed by atoms with Gasteiger partial charge in [-0.1, -0.05) is 13.8 Å². The van der Waals surface area contributed by atoms with E-state index in [0.717, 1.165) is 0 Å². The number of hydrogen-bond donors (Lipinski definition) is 3. The largest absolute Gasteiger partial charge is 0.468 e. The van der Waals surface area contributed by atoms with Crippen molar-refractivity contribution >= 4 is 11.9 Å². The number of hydrogen-bond acceptors (Lipinski definition) is 6. The van der Waals surface area contributed by atoms with E-state index in [1.54, 1.807) is 0 Å². The van der Waals surface area contributed by atoms with Gasteiger partial charge in [-0.05, 0) is 5.92 Å². The number of esters is 1. The molecule has 0 unspecified atom stereocenters. The van der Waals surface area contributed by atoms with Crippen molar-refractivity contribution in [3.63, 3.8) is 0 Å². The van der Waals surface area contributed by atoms with Gasteiger partial charge in [0.15, 0.2) is 0 Å². The molecule has 0 saturated heterocycles. The van der Waals surface area contributed by atoms with Crippen molar-refractivity contribution in [2.24, 2.45) is 5.92 Å². The van der Waals surface area contributed by atoms with E-state index in [2.05, 4.69) is 15.6 Å². The van der Waals surface area contributed by atoms with E-state index in [9.17, 15) is 19.2 Å². The molecule has 2 atom stereocenters. The average molecular weight is 326 g/mol. The van der Waals surface area contributed by atoms with Gasteiger partial charge in [0.05, 0.1) is 13.7 Å². The van der Waals surface area contributed by atoms with E-state index in [4.69, 9.17) is 4.74 Å². The van der Waals surface area contributed by atoms with Crippen molar-refractivity contribution in [1.82, 2.24) is 20.2 Å². The summed E-state index contributed by atoms with van der Waals surface area (Å²) >= 11 is 0. The maximum absolute atomic E-state index is 12.1. The number of nitrogens with one attached hydrogen (secondary N) is 3. The Morgan fingerprint density at radius 1 is 1.35 bits per heavy atom. The zero-order chi connectivity index (χ0) is 17.6. The summed E-state index contributed by atoms with van der Waals surface area (Å²) in [7, 11) is 2.72. The summed E-state index contributed by atoms with van der Waals surface area (Å²) in [5.74, 6) is -1.01. The highest BCUT2D eigenvalue weighted by atomic mass is 16.5. The van der Waals surface area contributed by atoms with Crippen LogP contribution in [0.5, 0.6) is 0 Å². The summed E-state index contributed by atoms with van der Waals surface area (Å²) in [6, 6.07) is -0.376. The van der Waals surface area contributed by atoms with Crippen molar-refractivity contribution in [3.05, 3.63) is 33.1 Å². The Labute approximate surface area is 133 Å². The monoisotopic (exact) mass is 326 g/mol. The summed E-state index contributed by atoms with van der Waals surface area (Å²) in [5, 5.41) is 5.38. The lowest BCUT2D eigenvalue weighted by atomic mass is 10.0. The molecule has 1 aromatic heterocycles. The minimum Gasteiger partial charge on any atom is -0.468 e. The zero-order valence-corrected chi connectivity index (χ0v) is 13.6. The van der Waals surface area contributed by atoms with E-state index in [1.165, 1.54) is 31.0 Å². The van der Waals surface area contributed by atoms with Crippen molar-refractivity contribution in [2.75, 3.05) is 14.2 Å². The predicted octanol–water partition coefficient (Wildman–Crippen LogP) is -1.56. The Bertz CT molecular complexity index is 664. The molecule has 0 aliphatic carbocycles. The second kappa shape index (κ2) is 8.28. The summed E-state index contributed by atoms with van der Waals surface area (Å²) in [6.07, 6.45) is 1.29. The van der Waals surface area contributed by atoms with Crippen molar-refractivity contribution in [3.8, 4) is 0 Å². The van der Waals surface area contributed by atoms with E-state index in [-0.39, 0.29) is 12.5 Å². The van der Waals surface area contributed by atoms with Crippen LogP contribution in [0, 0.1) is 5.92 Å². The van der Waals surface area contributed by atoms with E-state index in [0.29, 0.717) is 0 Å². The second-order valence-corrected chi connectivity index (χ2v) is 5.34. The minimum absolute atomic E-state index is 0.0461. The van der Waals surface area contributed by atoms with Crippen molar-refractivity contribution in [2.45, 2.75) is 32.5 Å². The molecule has 0 aliphatic rings. The summed E-state index contributed by atoms with van der Waals surface area (Å²) in [6.45, 7) is 3.57. The molecule has 23 heavy (non-hydrogen) atoms. The topological polar surface area (TPSA) is 122 Å². The molecule has 1 aromatic rings. The molecule has 3 N–H and O–H groups in total. The third-order valence-corrected chi connectivity index (χ3v) is 3.34. The first-order valence-corrected chi connectivity index (χ1v) is 7.15. The number of nitrogens with zero attached hydrogens (tertiary/aromatic N) is 1. The highest BCUT2D eigenvalue weighted by Crippen LogP contribution is 2.06. The van der Waals surface area contributed by atoms with Gasteiger partial charge in [0, 0.05) is 19.3 Å². The van der Waals surface area contributed by atoms with Crippen LogP contribution in [0.15, 0.2) is 21.9 Å². The van der Waals surface area contributed by atoms with E-state index < -0.39 is 35.2 Å². The van der Waals surface area contributed by atoms with Crippen LogP contribution >= 0.6 is 0 Å². The average Bonchev–Trinajstić information content (AvgIpc) is 2.51. The number of methoxy groups -OCH3 is 1. The number of H-pyrrole nitrogens is 1. The number of carbonyl (C=O) groups is 2. The highest BCUT2D eigenvalue weighted by molar-refractivity contribution is 5.83. The van der Waals surface area contributed by atoms with Gasteiger partial charge in [-0.2, -0.15) is 0 Å². The third kappa shape index (κ3) is 5.06. The lowest BCUT2D eigenvalue weighted by Crippen LogP contribution is -2.55. The molecule has 1 amide bonds.